The minimum Gasteiger partial charge on any atom is -0.379 e. The van der Waals surface area contributed by atoms with E-state index >= 15 is 0 Å². The smallest absolute Gasteiger partial charge is 0.243 e. The van der Waals surface area contributed by atoms with Gasteiger partial charge < -0.3 is 10.1 Å². The number of ether oxygens (including phenoxy) is 1. The number of amides is 1. The zero-order valence-corrected chi connectivity index (χ0v) is 17.4. The van der Waals surface area contributed by atoms with E-state index in [-0.39, 0.29) is 10.8 Å². The van der Waals surface area contributed by atoms with Crippen molar-refractivity contribution in [2.75, 3.05) is 26.3 Å². The van der Waals surface area contributed by atoms with Gasteiger partial charge in [-0.05, 0) is 34.0 Å². The van der Waals surface area contributed by atoms with E-state index in [0.717, 1.165) is 21.9 Å². The van der Waals surface area contributed by atoms with Gasteiger partial charge >= 0.3 is 0 Å². The molecule has 3 aromatic rings. The maximum atomic E-state index is 12.7. The number of rotatable bonds is 6. The summed E-state index contributed by atoms with van der Waals surface area (Å²) in [5.74, 6) is -0.0728. The topological polar surface area (TPSA) is 75.7 Å². The summed E-state index contributed by atoms with van der Waals surface area (Å²) in [7, 11) is -3.51. The highest BCUT2D eigenvalue weighted by molar-refractivity contribution is 7.89. The lowest BCUT2D eigenvalue weighted by atomic mass is 10.0. The number of benzene rings is 3. The molecule has 156 valence electrons. The van der Waals surface area contributed by atoms with Gasteiger partial charge in [0.05, 0.1) is 24.5 Å². The van der Waals surface area contributed by atoms with E-state index in [1.54, 1.807) is 24.3 Å². The molecule has 1 N–H and O–H groups in total. The van der Waals surface area contributed by atoms with Crippen LogP contribution >= 0.6 is 0 Å². The summed E-state index contributed by atoms with van der Waals surface area (Å²) in [6.07, 6.45) is 0.296. The summed E-state index contributed by atoms with van der Waals surface area (Å²) in [6.45, 7) is 1.92. The molecule has 1 fully saturated rings. The van der Waals surface area contributed by atoms with E-state index in [0.29, 0.717) is 39.3 Å². The Bertz CT molecular complexity index is 1130. The number of hydrogen-bond acceptors (Lipinski definition) is 4. The lowest BCUT2D eigenvalue weighted by molar-refractivity contribution is -0.120. The second-order valence-corrected chi connectivity index (χ2v) is 9.19. The maximum Gasteiger partial charge on any atom is 0.243 e. The van der Waals surface area contributed by atoms with Crippen molar-refractivity contribution in [3.05, 3.63) is 77.9 Å². The Hall–Kier alpha value is -2.74. The van der Waals surface area contributed by atoms with Gasteiger partial charge in [0, 0.05) is 19.6 Å². The normalized spacial score (nSPS) is 15.2. The van der Waals surface area contributed by atoms with E-state index in [2.05, 4.69) is 5.32 Å². The number of nitrogens with one attached hydrogen (secondary N) is 1. The number of carbonyl (C=O) groups is 1. The number of sulfonamides is 1. The molecule has 6 nitrogen and oxygen atoms in total. The predicted molar refractivity (Wildman–Crippen MR) is 116 cm³/mol. The van der Waals surface area contributed by atoms with Gasteiger partial charge in [-0.15, -0.1) is 0 Å². The van der Waals surface area contributed by atoms with Crippen molar-refractivity contribution in [2.45, 2.75) is 17.9 Å². The molecule has 0 aromatic heterocycles. The van der Waals surface area contributed by atoms with E-state index in [4.69, 9.17) is 4.74 Å². The Balaban J connectivity index is 1.37. The van der Waals surface area contributed by atoms with Gasteiger partial charge in [0.1, 0.15) is 0 Å². The van der Waals surface area contributed by atoms with Crippen LogP contribution in [0.1, 0.15) is 11.1 Å². The molecule has 7 heteroatoms. The molecule has 1 aliphatic heterocycles. The third-order valence-corrected chi connectivity index (χ3v) is 7.16. The van der Waals surface area contributed by atoms with Crippen molar-refractivity contribution < 1.29 is 17.9 Å². The van der Waals surface area contributed by atoms with Crippen molar-refractivity contribution in [3.8, 4) is 0 Å². The van der Waals surface area contributed by atoms with Crippen LogP contribution in [0.3, 0.4) is 0 Å². The Morgan fingerprint density at radius 3 is 2.40 bits per heavy atom. The number of hydrogen-bond donors (Lipinski definition) is 1. The largest absolute Gasteiger partial charge is 0.379 e. The summed E-state index contributed by atoms with van der Waals surface area (Å²) in [5, 5.41) is 5.11. The minimum absolute atomic E-state index is 0.0728. The van der Waals surface area contributed by atoms with Crippen molar-refractivity contribution in [2.24, 2.45) is 0 Å². The SMILES string of the molecule is O=C(Cc1cccc2ccccc12)NCc1ccc(S(=O)(=O)N2CCOCC2)cc1. The van der Waals surface area contributed by atoms with Crippen LogP contribution in [0.15, 0.2) is 71.6 Å². The molecule has 0 radical (unpaired) electrons. The van der Waals surface area contributed by atoms with Crippen molar-refractivity contribution in [3.63, 3.8) is 0 Å². The van der Waals surface area contributed by atoms with Gasteiger partial charge in [-0.1, -0.05) is 54.6 Å². The monoisotopic (exact) mass is 424 g/mol. The van der Waals surface area contributed by atoms with E-state index in [9.17, 15) is 13.2 Å². The first-order valence-corrected chi connectivity index (χ1v) is 11.4. The highest BCUT2D eigenvalue weighted by Crippen LogP contribution is 2.20. The molecule has 0 aliphatic carbocycles. The van der Waals surface area contributed by atoms with E-state index in [1.807, 2.05) is 42.5 Å². The first-order chi connectivity index (χ1) is 14.5. The fourth-order valence-electron chi connectivity index (χ4n) is 3.60. The fraction of sp³-hybridized carbons (Fsp3) is 0.261. The van der Waals surface area contributed by atoms with E-state index < -0.39 is 10.0 Å². The minimum atomic E-state index is -3.51. The first-order valence-electron chi connectivity index (χ1n) is 9.94. The van der Waals surface area contributed by atoms with Gasteiger partial charge in [-0.2, -0.15) is 4.31 Å². The third-order valence-electron chi connectivity index (χ3n) is 5.25. The van der Waals surface area contributed by atoms with Crippen LogP contribution in [-0.4, -0.2) is 44.9 Å². The summed E-state index contributed by atoms with van der Waals surface area (Å²) >= 11 is 0. The number of carbonyl (C=O) groups excluding carboxylic acids is 1. The second kappa shape index (κ2) is 8.95. The molecule has 1 aliphatic rings. The average Bonchev–Trinajstić information content (AvgIpc) is 2.79. The molecule has 0 unspecified atom stereocenters. The Morgan fingerprint density at radius 1 is 0.933 bits per heavy atom. The Morgan fingerprint density at radius 2 is 1.63 bits per heavy atom. The molecule has 0 spiro atoms. The number of fused-ring (bicyclic) bond motifs is 1. The first kappa shape index (κ1) is 20.5. The Kier molecular flexibility index (Phi) is 6.13. The van der Waals surface area contributed by atoms with Crippen LogP contribution in [0.4, 0.5) is 0 Å². The third kappa shape index (κ3) is 4.53. The molecule has 0 bridgehead atoms. The molecule has 3 aromatic carbocycles. The van der Waals surface area contributed by atoms with E-state index in [1.165, 1.54) is 4.31 Å². The summed E-state index contributed by atoms with van der Waals surface area (Å²) in [5.41, 5.74) is 1.83. The van der Waals surface area contributed by atoms with Crippen LogP contribution in [0, 0.1) is 0 Å². The molecule has 1 saturated heterocycles. The molecule has 30 heavy (non-hydrogen) atoms. The van der Waals surface area contributed by atoms with Crippen molar-refractivity contribution in [1.29, 1.82) is 0 Å². The summed E-state index contributed by atoms with van der Waals surface area (Å²) < 4.78 is 32.0. The lowest BCUT2D eigenvalue weighted by Crippen LogP contribution is -2.40. The molecule has 0 saturated carbocycles. The van der Waals surface area contributed by atoms with Crippen molar-refractivity contribution in [1.82, 2.24) is 9.62 Å². The standard InChI is InChI=1S/C23H24N2O4S/c26-23(16-20-6-3-5-19-4-1-2-7-22(19)20)24-17-18-8-10-21(11-9-18)30(27,28)25-12-14-29-15-13-25/h1-11H,12-17H2,(H,24,26). The van der Waals surface area contributed by atoms with Gasteiger partial charge in [-0.3, -0.25) is 4.79 Å². The van der Waals surface area contributed by atoms with Crippen molar-refractivity contribution >= 4 is 26.7 Å². The van der Waals surface area contributed by atoms with Gasteiger partial charge in [0.25, 0.3) is 0 Å². The zero-order chi connectivity index (χ0) is 21.0. The van der Waals surface area contributed by atoms with Crippen LogP contribution in [-0.2, 0) is 32.5 Å². The number of morpholine rings is 1. The van der Waals surface area contributed by atoms with Crippen LogP contribution < -0.4 is 5.32 Å². The summed E-state index contributed by atoms with van der Waals surface area (Å²) in [6, 6.07) is 20.6. The van der Waals surface area contributed by atoms with Crippen LogP contribution in [0.5, 0.6) is 0 Å². The quantitative estimate of drug-likeness (QED) is 0.660. The van der Waals surface area contributed by atoms with Crippen LogP contribution in [0.25, 0.3) is 10.8 Å². The lowest BCUT2D eigenvalue weighted by Gasteiger charge is -2.26. The molecule has 0 atom stereocenters. The second-order valence-electron chi connectivity index (χ2n) is 7.25. The number of nitrogens with zero attached hydrogens (tertiary/aromatic N) is 1. The summed E-state index contributed by atoms with van der Waals surface area (Å²) in [4.78, 5) is 12.7. The van der Waals surface area contributed by atoms with Gasteiger partial charge in [-0.25, -0.2) is 8.42 Å². The van der Waals surface area contributed by atoms with Gasteiger partial charge in [0.2, 0.25) is 15.9 Å². The Labute approximate surface area is 176 Å². The molecule has 1 heterocycles. The molecule has 1 amide bonds. The van der Waals surface area contributed by atoms with Gasteiger partial charge in [0.15, 0.2) is 0 Å². The average molecular weight is 425 g/mol. The molecular weight excluding hydrogens is 400 g/mol. The molecular formula is C23H24N2O4S. The highest BCUT2D eigenvalue weighted by Gasteiger charge is 2.26. The van der Waals surface area contributed by atoms with Crippen LogP contribution in [0.2, 0.25) is 0 Å². The maximum absolute atomic E-state index is 12.7. The highest BCUT2D eigenvalue weighted by atomic mass is 32.2. The molecule has 4 rings (SSSR count). The predicted octanol–water partition coefficient (Wildman–Crippen LogP) is 2.72. The fourth-order valence-corrected chi connectivity index (χ4v) is 5.01. The zero-order valence-electron chi connectivity index (χ0n) is 16.6.